The minimum atomic E-state index is -0.695. The lowest BCUT2D eigenvalue weighted by molar-refractivity contribution is 0.126. The summed E-state index contributed by atoms with van der Waals surface area (Å²) in [5.74, 6) is 1.07. The number of aromatic nitrogens is 2. The molecule has 7 heteroatoms. The Morgan fingerprint density at radius 2 is 1.93 bits per heavy atom. The molecule has 0 bridgehead atoms. The van der Waals surface area contributed by atoms with Crippen molar-refractivity contribution in [2.75, 3.05) is 12.4 Å². The summed E-state index contributed by atoms with van der Waals surface area (Å²) in [5.41, 5.74) is 1.60. The second-order valence-corrected chi connectivity index (χ2v) is 8.34. The van der Waals surface area contributed by atoms with Crippen LogP contribution in [0.4, 0.5) is 0 Å². The van der Waals surface area contributed by atoms with Crippen LogP contribution < -0.4 is 10.3 Å². The van der Waals surface area contributed by atoms with Crippen molar-refractivity contribution in [3.63, 3.8) is 0 Å². The number of halogens is 1. The number of aliphatic hydroxyl groups is 1. The van der Waals surface area contributed by atoms with Gasteiger partial charge in [0.25, 0.3) is 5.56 Å². The zero-order valence-corrected chi connectivity index (χ0v) is 17.6. The summed E-state index contributed by atoms with van der Waals surface area (Å²) in [6.07, 6.45) is -0.695. The minimum absolute atomic E-state index is 0.0523. The summed E-state index contributed by atoms with van der Waals surface area (Å²) in [6, 6.07) is 12.7. The lowest BCUT2D eigenvalue weighted by Crippen LogP contribution is -2.26. The van der Waals surface area contributed by atoms with Crippen molar-refractivity contribution in [2.45, 2.75) is 38.1 Å². The van der Waals surface area contributed by atoms with E-state index in [2.05, 4.69) is 4.98 Å². The van der Waals surface area contributed by atoms with Gasteiger partial charge in [0.05, 0.1) is 17.0 Å². The fourth-order valence-electron chi connectivity index (χ4n) is 2.75. The van der Waals surface area contributed by atoms with Gasteiger partial charge in [-0.1, -0.05) is 41.1 Å². The van der Waals surface area contributed by atoms with E-state index in [1.807, 2.05) is 45.0 Å². The predicted molar refractivity (Wildman–Crippen MR) is 115 cm³/mol. The number of benzene rings is 2. The molecule has 1 atom stereocenters. The van der Waals surface area contributed by atoms with E-state index in [0.29, 0.717) is 32.6 Å². The lowest BCUT2D eigenvalue weighted by Gasteiger charge is -2.17. The van der Waals surface area contributed by atoms with Crippen molar-refractivity contribution >= 4 is 34.3 Å². The number of fused-ring (bicyclic) bond motifs is 1. The molecule has 0 aliphatic carbocycles. The van der Waals surface area contributed by atoms with Crippen LogP contribution in [0.1, 0.15) is 25.5 Å². The molecule has 1 N–H and O–H groups in total. The van der Waals surface area contributed by atoms with Crippen molar-refractivity contribution < 1.29 is 9.84 Å². The number of ether oxygens (including phenoxy) is 1. The maximum Gasteiger partial charge on any atom is 0.262 e. The molecule has 0 saturated carbocycles. The molecule has 0 aliphatic rings. The summed E-state index contributed by atoms with van der Waals surface area (Å²) in [7, 11) is 0. The van der Waals surface area contributed by atoms with E-state index < -0.39 is 6.10 Å². The quantitative estimate of drug-likeness (QED) is 0.453. The Labute approximate surface area is 173 Å². The lowest BCUT2D eigenvalue weighted by atomic mass is 10.2. The smallest absolute Gasteiger partial charge is 0.262 e. The van der Waals surface area contributed by atoms with E-state index in [4.69, 9.17) is 16.3 Å². The summed E-state index contributed by atoms with van der Waals surface area (Å²) in [6.45, 7) is 6.05. The topological polar surface area (TPSA) is 64.3 Å². The largest absolute Gasteiger partial charge is 0.491 e. The van der Waals surface area contributed by atoms with Crippen molar-refractivity contribution in [3.05, 3.63) is 63.4 Å². The Hall–Kier alpha value is -2.02. The van der Waals surface area contributed by atoms with Crippen molar-refractivity contribution in [2.24, 2.45) is 0 Å². The summed E-state index contributed by atoms with van der Waals surface area (Å²) < 4.78 is 7.28. The van der Waals surface area contributed by atoms with Crippen LogP contribution in [-0.2, 0) is 0 Å². The van der Waals surface area contributed by atoms with E-state index >= 15 is 0 Å². The van der Waals surface area contributed by atoms with E-state index in [0.717, 1.165) is 5.56 Å². The Morgan fingerprint density at radius 3 is 2.61 bits per heavy atom. The molecular weight excluding hydrogens is 396 g/mol. The van der Waals surface area contributed by atoms with Crippen LogP contribution in [0.5, 0.6) is 5.75 Å². The van der Waals surface area contributed by atoms with Gasteiger partial charge in [-0.3, -0.25) is 9.36 Å². The van der Waals surface area contributed by atoms with Crippen LogP contribution in [0, 0.1) is 6.92 Å². The summed E-state index contributed by atoms with van der Waals surface area (Å²) >= 11 is 7.38. The van der Waals surface area contributed by atoms with Gasteiger partial charge >= 0.3 is 0 Å². The van der Waals surface area contributed by atoms with Crippen LogP contribution in [0.2, 0.25) is 5.02 Å². The minimum Gasteiger partial charge on any atom is -0.491 e. The second-order valence-electron chi connectivity index (χ2n) is 6.91. The normalized spacial score (nSPS) is 12.5. The average Bonchev–Trinajstić information content (AvgIpc) is 2.65. The molecule has 1 heterocycles. The highest BCUT2D eigenvalue weighted by atomic mass is 35.5. The number of aliphatic hydroxyl groups excluding tert-OH is 1. The van der Waals surface area contributed by atoms with Crippen molar-refractivity contribution in [1.29, 1.82) is 0 Å². The Kier molecular flexibility index (Phi) is 6.65. The summed E-state index contributed by atoms with van der Waals surface area (Å²) in [5, 5.41) is 11.9. The fraction of sp³-hybridized carbons (Fsp3) is 0.333. The second kappa shape index (κ2) is 8.99. The van der Waals surface area contributed by atoms with E-state index in [9.17, 15) is 9.90 Å². The van der Waals surface area contributed by atoms with Gasteiger partial charge in [-0.15, -0.1) is 0 Å². The van der Waals surface area contributed by atoms with E-state index in [1.165, 1.54) is 11.8 Å². The Morgan fingerprint density at radius 1 is 1.21 bits per heavy atom. The molecule has 3 rings (SSSR count). The van der Waals surface area contributed by atoms with Crippen LogP contribution in [0.3, 0.4) is 0 Å². The van der Waals surface area contributed by atoms with Gasteiger partial charge in [0, 0.05) is 16.8 Å². The number of rotatable bonds is 7. The monoisotopic (exact) mass is 418 g/mol. The fourth-order valence-corrected chi connectivity index (χ4v) is 3.95. The van der Waals surface area contributed by atoms with Gasteiger partial charge in [0.2, 0.25) is 0 Å². The Balaban J connectivity index is 1.74. The van der Waals surface area contributed by atoms with Gasteiger partial charge in [-0.2, -0.15) is 0 Å². The molecule has 148 valence electrons. The molecule has 5 nitrogen and oxygen atoms in total. The highest BCUT2D eigenvalue weighted by molar-refractivity contribution is 7.99. The van der Waals surface area contributed by atoms with Gasteiger partial charge in [0.15, 0.2) is 5.16 Å². The van der Waals surface area contributed by atoms with Gasteiger partial charge in [-0.05, 0) is 51.1 Å². The molecule has 0 amide bonds. The average molecular weight is 419 g/mol. The van der Waals surface area contributed by atoms with Crippen LogP contribution in [0.15, 0.2) is 52.4 Å². The van der Waals surface area contributed by atoms with Crippen molar-refractivity contribution in [1.82, 2.24) is 9.55 Å². The van der Waals surface area contributed by atoms with Crippen LogP contribution >= 0.6 is 23.4 Å². The van der Waals surface area contributed by atoms with Crippen LogP contribution in [-0.4, -0.2) is 33.1 Å². The zero-order valence-electron chi connectivity index (χ0n) is 16.1. The number of nitrogens with zero attached hydrogens (tertiary/aromatic N) is 2. The molecule has 0 spiro atoms. The number of thioether (sulfide) groups is 1. The van der Waals surface area contributed by atoms with Crippen molar-refractivity contribution in [3.8, 4) is 5.75 Å². The third kappa shape index (κ3) is 4.87. The molecule has 0 saturated heterocycles. The first-order valence-corrected chi connectivity index (χ1v) is 10.4. The maximum absolute atomic E-state index is 12.9. The number of aryl methyl sites for hydroxylation is 1. The maximum atomic E-state index is 12.9. The molecule has 0 unspecified atom stereocenters. The Bertz CT molecular complexity index is 1020. The molecule has 28 heavy (non-hydrogen) atoms. The van der Waals surface area contributed by atoms with E-state index in [-0.39, 0.29) is 18.2 Å². The molecule has 0 radical (unpaired) electrons. The molecule has 0 aliphatic heterocycles. The standard InChI is InChI=1S/C21H23ClN2O3S/c1-13(2)24-20(26)18-9-6-15(22)10-19(18)23-21(24)28-12-16(25)11-27-17-7-4-14(3)5-8-17/h4-10,13,16,25H,11-12H2,1-3H3/t16-/m1/s1. The highest BCUT2D eigenvalue weighted by Crippen LogP contribution is 2.23. The van der Waals surface area contributed by atoms with E-state index in [1.54, 1.807) is 22.8 Å². The molecule has 1 aromatic heterocycles. The molecule has 3 aromatic rings. The number of hydrogen-bond donors (Lipinski definition) is 1. The SMILES string of the molecule is Cc1ccc(OC[C@@H](O)CSc2nc3cc(Cl)ccc3c(=O)n2C(C)C)cc1. The van der Waals surface area contributed by atoms with Gasteiger partial charge in [0.1, 0.15) is 12.4 Å². The highest BCUT2D eigenvalue weighted by Gasteiger charge is 2.16. The van der Waals surface area contributed by atoms with Gasteiger partial charge in [-0.25, -0.2) is 4.98 Å². The first kappa shape index (κ1) is 20.7. The predicted octanol–water partition coefficient (Wildman–Crippen LogP) is 4.47. The molecule has 2 aromatic carbocycles. The number of hydrogen-bond acceptors (Lipinski definition) is 5. The summed E-state index contributed by atoms with van der Waals surface area (Å²) in [4.78, 5) is 17.5. The first-order valence-electron chi connectivity index (χ1n) is 9.07. The third-order valence-electron chi connectivity index (χ3n) is 4.22. The third-order valence-corrected chi connectivity index (χ3v) is 5.55. The van der Waals surface area contributed by atoms with Crippen LogP contribution in [0.25, 0.3) is 10.9 Å². The zero-order chi connectivity index (χ0) is 20.3. The molecular formula is C21H23ClN2O3S. The first-order chi connectivity index (χ1) is 13.3. The van der Waals surface area contributed by atoms with Gasteiger partial charge < -0.3 is 9.84 Å². The molecule has 0 fully saturated rings.